The molecule has 0 aliphatic heterocycles. The van der Waals surface area contributed by atoms with Gasteiger partial charge in [0.2, 0.25) is 0 Å². The van der Waals surface area contributed by atoms with E-state index in [9.17, 15) is 13.2 Å². The number of alkyl halides is 3. The highest BCUT2D eigenvalue weighted by atomic mass is 19.4. The Balaban J connectivity index is 2.28. The SMILES string of the molecule is N=C(N)c1ccc(Oc2ccccc2C(F)(F)F)cn1. The van der Waals surface area contributed by atoms with Crippen LogP contribution in [0.2, 0.25) is 0 Å². The minimum atomic E-state index is -4.50. The molecule has 0 fully saturated rings. The van der Waals surface area contributed by atoms with Gasteiger partial charge in [0.25, 0.3) is 0 Å². The van der Waals surface area contributed by atoms with Gasteiger partial charge in [-0.05, 0) is 24.3 Å². The number of ether oxygens (including phenoxy) is 1. The number of nitrogen functional groups attached to an aromatic ring is 1. The van der Waals surface area contributed by atoms with Crippen LogP contribution in [0.5, 0.6) is 11.5 Å². The zero-order chi connectivity index (χ0) is 14.8. The number of hydrogen-bond acceptors (Lipinski definition) is 3. The van der Waals surface area contributed by atoms with Crippen molar-refractivity contribution in [3.8, 4) is 11.5 Å². The van der Waals surface area contributed by atoms with Gasteiger partial charge in [-0.25, -0.2) is 4.98 Å². The number of hydrogen-bond donors (Lipinski definition) is 2. The summed E-state index contributed by atoms with van der Waals surface area (Å²) in [6, 6.07) is 7.69. The number of nitrogens with two attached hydrogens (primary N) is 1. The summed E-state index contributed by atoms with van der Waals surface area (Å²) in [5.74, 6) is -0.406. The fourth-order valence-electron chi connectivity index (χ4n) is 1.52. The number of halogens is 3. The molecule has 0 unspecified atom stereocenters. The first-order chi connectivity index (χ1) is 9.38. The van der Waals surface area contributed by atoms with E-state index < -0.39 is 11.7 Å². The molecular weight excluding hydrogens is 271 g/mol. The van der Waals surface area contributed by atoms with Crippen LogP contribution in [0.4, 0.5) is 13.2 Å². The van der Waals surface area contributed by atoms with E-state index in [2.05, 4.69) is 4.98 Å². The lowest BCUT2D eigenvalue weighted by atomic mass is 10.2. The molecule has 0 atom stereocenters. The highest BCUT2D eigenvalue weighted by molar-refractivity contribution is 5.92. The molecular formula is C13H10F3N3O. The quantitative estimate of drug-likeness (QED) is 0.670. The topological polar surface area (TPSA) is 72.0 Å². The molecule has 1 aromatic carbocycles. The summed E-state index contributed by atoms with van der Waals surface area (Å²) in [5, 5.41) is 7.17. The Bertz CT molecular complexity index is 624. The summed E-state index contributed by atoms with van der Waals surface area (Å²) in [6.07, 6.45) is -3.28. The van der Waals surface area contributed by atoms with Crippen molar-refractivity contribution < 1.29 is 17.9 Å². The van der Waals surface area contributed by atoms with E-state index in [1.54, 1.807) is 0 Å². The minimum Gasteiger partial charge on any atom is -0.455 e. The van der Waals surface area contributed by atoms with Crippen LogP contribution in [0.15, 0.2) is 42.6 Å². The molecule has 0 saturated carbocycles. The molecule has 0 radical (unpaired) electrons. The maximum Gasteiger partial charge on any atom is 0.419 e. The van der Waals surface area contributed by atoms with Crippen molar-refractivity contribution in [1.29, 1.82) is 5.41 Å². The molecule has 3 N–H and O–H groups in total. The second kappa shape index (κ2) is 5.20. The monoisotopic (exact) mass is 281 g/mol. The van der Waals surface area contributed by atoms with Crippen LogP contribution in [0, 0.1) is 5.41 Å². The van der Waals surface area contributed by atoms with Crippen LogP contribution < -0.4 is 10.5 Å². The van der Waals surface area contributed by atoms with Crippen LogP contribution in [-0.4, -0.2) is 10.8 Å². The third-order valence-electron chi connectivity index (χ3n) is 2.43. The van der Waals surface area contributed by atoms with Gasteiger partial charge < -0.3 is 10.5 Å². The van der Waals surface area contributed by atoms with Gasteiger partial charge in [0.1, 0.15) is 23.0 Å². The van der Waals surface area contributed by atoms with Gasteiger partial charge in [-0.1, -0.05) is 12.1 Å². The zero-order valence-electron chi connectivity index (χ0n) is 10.1. The average molecular weight is 281 g/mol. The lowest BCUT2D eigenvalue weighted by Crippen LogP contribution is -2.12. The first kappa shape index (κ1) is 13.9. The van der Waals surface area contributed by atoms with Gasteiger partial charge in [0, 0.05) is 0 Å². The standard InChI is InChI=1S/C13H10F3N3O/c14-13(15,16)9-3-1-2-4-11(9)20-8-5-6-10(12(17)18)19-7-8/h1-7H,(H3,17,18). The third kappa shape index (κ3) is 3.05. The van der Waals surface area contributed by atoms with Crippen molar-refractivity contribution in [2.24, 2.45) is 5.73 Å². The van der Waals surface area contributed by atoms with E-state index in [0.29, 0.717) is 0 Å². The summed E-state index contributed by atoms with van der Waals surface area (Å²) < 4.78 is 43.5. The summed E-state index contributed by atoms with van der Waals surface area (Å²) in [5.41, 5.74) is 4.59. The summed E-state index contributed by atoms with van der Waals surface area (Å²) >= 11 is 0. The van der Waals surface area contributed by atoms with E-state index in [1.807, 2.05) is 0 Å². The summed E-state index contributed by atoms with van der Waals surface area (Å²) in [4.78, 5) is 3.81. The van der Waals surface area contributed by atoms with Crippen LogP contribution in [0.25, 0.3) is 0 Å². The first-order valence-electron chi connectivity index (χ1n) is 5.52. The van der Waals surface area contributed by atoms with Crippen molar-refractivity contribution >= 4 is 5.84 Å². The molecule has 1 aromatic heterocycles. The highest BCUT2D eigenvalue weighted by Crippen LogP contribution is 2.37. The molecule has 2 rings (SSSR count). The molecule has 0 aliphatic carbocycles. The van der Waals surface area contributed by atoms with Gasteiger partial charge in [0.15, 0.2) is 0 Å². The number of para-hydroxylation sites is 1. The Labute approximate surface area is 112 Å². The molecule has 0 bridgehead atoms. The molecule has 104 valence electrons. The Hall–Kier alpha value is -2.57. The lowest BCUT2D eigenvalue weighted by molar-refractivity contribution is -0.138. The van der Waals surface area contributed by atoms with Gasteiger partial charge in [0.05, 0.1) is 11.8 Å². The molecule has 0 spiro atoms. The number of amidine groups is 1. The van der Waals surface area contributed by atoms with Crippen molar-refractivity contribution in [2.75, 3.05) is 0 Å². The fourth-order valence-corrected chi connectivity index (χ4v) is 1.52. The van der Waals surface area contributed by atoms with Gasteiger partial charge in [-0.2, -0.15) is 13.2 Å². The lowest BCUT2D eigenvalue weighted by Gasteiger charge is -2.13. The first-order valence-corrected chi connectivity index (χ1v) is 5.52. The van der Waals surface area contributed by atoms with Crippen LogP contribution >= 0.6 is 0 Å². The van der Waals surface area contributed by atoms with Crippen molar-refractivity contribution in [1.82, 2.24) is 4.98 Å². The number of rotatable bonds is 3. The maximum absolute atomic E-state index is 12.8. The van der Waals surface area contributed by atoms with E-state index >= 15 is 0 Å². The maximum atomic E-state index is 12.8. The normalized spacial score (nSPS) is 11.2. The van der Waals surface area contributed by atoms with E-state index in [0.717, 1.165) is 6.07 Å². The smallest absolute Gasteiger partial charge is 0.419 e. The van der Waals surface area contributed by atoms with E-state index in [-0.39, 0.29) is 23.0 Å². The molecule has 0 saturated heterocycles. The zero-order valence-corrected chi connectivity index (χ0v) is 10.1. The fraction of sp³-hybridized carbons (Fsp3) is 0.0769. The predicted molar refractivity (Wildman–Crippen MR) is 66.8 cm³/mol. The largest absolute Gasteiger partial charge is 0.455 e. The number of aromatic nitrogens is 1. The van der Waals surface area contributed by atoms with Gasteiger partial charge in [-0.15, -0.1) is 0 Å². The second-order valence-corrected chi connectivity index (χ2v) is 3.89. The van der Waals surface area contributed by atoms with E-state index in [1.165, 1.54) is 36.5 Å². The molecule has 0 amide bonds. The number of pyridine rings is 1. The summed E-state index contributed by atoms with van der Waals surface area (Å²) in [7, 11) is 0. The van der Waals surface area contributed by atoms with Crippen LogP contribution in [0.1, 0.15) is 11.3 Å². The Kier molecular flexibility index (Phi) is 3.60. The molecule has 7 heteroatoms. The molecule has 1 heterocycles. The Morgan fingerprint density at radius 3 is 2.40 bits per heavy atom. The average Bonchev–Trinajstić information content (AvgIpc) is 2.38. The molecule has 4 nitrogen and oxygen atoms in total. The number of nitrogens with one attached hydrogen (secondary N) is 1. The molecule has 2 aromatic rings. The summed E-state index contributed by atoms with van der Waals surface area (Å²) in [6.45, 7) is 0. The Morgan fingerprint density at radius 1 is 1.15 bits per heavy atom. The van der Waals surface area contributed by atoms with Crippen molar-refractivity contribution in [3.63, 3.8) is 0 Å². The predicted octanol–water partition coefficient (Wildman–Crippen LogP) is 3.18. The van der Waals surface area contributed by atoms with Gasteiger partial charge >= 0.3 is 6.18 Å². The Morgan fingerprint density at radius 2 is 1.85 bits per heavy atom. The molecule has 20 heavy (non-hydrogen) atoms. The van der Waals surface area contributed by atoms with Crippen LogP contribution in [-0.2, 0) is 6.18 Å². The third-order valence-corrected chi connectivity index (χ3v) is 2.43. The highest BCUT2D eigenvalue weighted by Gasteiger charge is 2.34. The minimum absolute atomic E-state index is 0.131. The second-order valence-electron chi connectivity index (χ2n) is 3.89. The van der Waals surface area contributed by atoms with E-state index in [4.69, 9.17) is 15.9 Å². The van der Waals surface area contributed by atoms with Crippen molar-refractivity contribution in [3.05, 3.63) is 53.9 Å². The molecule has 0 aliphatic rings. The van der Waals surface area contributed by atoms with Crippen molar-refractivity contribution in [2.45, 2.75) is 6.18 Å². The van der Waals surface area contributed by atoms with Crippen LogP contribution in [0.3, 0.4) is 0 Å². The number of benzene rings is 1. The number of nitrogens with zero attached hydrogens (tertiary/aromatic N) is 1. The van der Waals surface area contributed by atoms with Gasteiger partial charge in [-0.3, -0.25) is 5.41 Å².